The third-order valence-corrected chi connectivity index (χ3v) is 2.60. The maximum atomic E-state index is 10.5. The molecule has 0 spiro atoms. The highest BCUT2D eigenvalue weighted by molar-refractivity contribution is 6.34. The zero-order chi connectivity index (χ0) is 15.1. The van der Waals surface area contributed by atoms with Crippen molar-refractivity contribution >= 4 is 29.2 Å². The predicted octanol–water partition coefficient (Wildman–Crippen LogP) is 3.01. The van der Waals surface area contributed by atoms with Crippen LogP contribution in [0.5, 0.6) is 0 Å². The molecule has 20 heavy (non-hydrogen) atoms. The molecule has 2 aromatic carbocycles. The maximum absolute atomic E-state index is 10.5. The summed E-state index contributed by atoms with van der Waals surface area (Å²) in [5, 5.41) is 17.1. The normalized spacial score (nSPS) is 9.25. The lowest BCUT2D eigenvalue weighted by Crippen LogP contribution is -2.02. The first-order valence-corrected chi connectivity index (χ1v) is 5.87. The van der Waals surface area contributed by atoms with Gasteiger partial charge in [0.1, 0.15) is 5.56 Å². The lowest BCUT2D eigenvalue weighted by molar-refractivity contribution is 0.0686. The Labute approximate surface area is 120 Å². The van der Waals surface area contributed by atoms with Crippen LogP contribution in [0.4, 0.5) is 5.69 Å². The number of aromatic carboxylic acids is 2. The number of rotatable bonds is 2. The summed E-state index contributed by atoms with van der Waals surface area (Å²) in [5.74, 6) is -1.98. The highest BCUT2D eigenvalue weighted by Gasteiger charge is 2.10. The summed E-state index contributed by atoms with van der Waals surface area (Å²) in [4.78, 5) is 20.7. The predicted molar refractivity (Wildman–Crippen MR) is 76.2 cm³/mol. The SMILES string of the molecule is Nc1cccc(Cl)c1C(=O)O.O=C(O)c1ccccc1. The van der Waals surface area contributed by atoms with E-state index in [-0.39, 0.29) is 16.3 Å². The van der Waals surface area contributed by atoms with Gasteiger partial charge in [-0.2, -0.15) is 0 Å². The van der Waals surface area contributed by atoms with Crippen molar-refractivity contribution in [1.82, 2.24) is 0 Å². The summed E-state index contributed by atoms with van der Waals surface area (Å²) in [6.07, 6.45) is 0. The van der Waals surface area contributed by atoms with Crippen LogP contribution in [-0.4, -0.2) is 22.2 Å². The van der Waals surface area contributed by atoms with Crippen molar-refractivity contribution in [3.05, 3.63) is 64.7 Å². The van der Waals surface area contributed by atoms with Crippen molar-refractivity contribution < 1.29 is 19.8 Å². The molecule has 0 fully saturated rings. The quantitative estimate of drug-likeness (QED) is 0.739. The van der Waals surface area contributed by atoms with Gasteiger partial charge < -0.3 is 15.9 Å². The fourth-order valence-corrected chi connectivity index (χ4v) is 1.61. The maximum Gasteiger partial charge on any atom is 0.339 e. The average Bonchev–Trinajstić information content (AvgIpc) is 2.40. The van der Waals surface area contributed by atoms with Gasteiger partial charge in [0.15, 0.2) is 0 Å². The molecule has 0 aromatic heterocycles. The molecule has 0 aliphatic carbocycles. The van der Waals surface area contributed by atoms with Crippen molar-refractivity contribution in [2.24, 2.45) is 0 Å². The van der Waals surface area contributed by atoms with E-state index in [1.165, 1.54) is 12.1 Å². The highest BCUT2D eigenvalue weighted by atomic mass is 35.5. The Kier molecular flexibility index (Phi) is 5.56. The number of hydrogen-bond acceptors (Lipinski definition) is 3. The monoisotopic (exact) mass is 293 g/mol. The Hall–Kier alpha value is -2.53. The van der Waals surface area contributed by atoms with E-state index in [2.05, 4.69) is 0 Å². The number of hydrogen-bond donors (Lipinski definition) is 3. The molecule has 0 aliphatic rings. The zero-order valence-electron chi connectivity index (χ0n) is 10.3. The Balaban J connectivity index is 0.000000204. The minimum atomic E-state index is -1.10. The van der Waals surface area contributed by atoms with Crippen LogP contribution in [0.1, 0.15) is 20.7 Å². The summed E-state index contributed by atoms with van der Waals surface area (Å²) in [5.41, 5.74) is 5.84. The highest BCUT2D eigenvalue weighted by Crippen LogP contribution is 2.21. The summed E-state index contributed by atoms with van der Waals surface area (Å²) in [6, 6.07) is 12.9. The molecule has 0 saturated heterocycles. The zero-order valence-corrected chi connectivity index (χ0v) is 11.0. The van der Waals surface area contributed by atoms with Gasteiger partial charge in [0.2, 0.25) is 0 Å². The summed E-state index contributed by atoms with van der Waals surface area (Å²) in [7, 11) is 0. The van der Waals surface area contributed by atoms with Crippen molar-refractivity contribution in [3.8, 4) is 0 Å². The molecule has 4 N–H and O–H groups in total. The molecule has 2 rings (SSSR count). The molecule has 0 atom stereocenters. The molecule has 0 unspecified atom stereocenters. The van der Waals surface area contributed by atoms with Gasteiger partial charge in [-0.15, -0.1) is 0 Å². The number of carboxylic acid groups (broad SMARTS) is 2. The number of carbonyl (C=O) groups is 2. The van der Waals surface area contributed by atoms with E-state index in [4.69, 9.17) is 27.5 Å². The van der Waals surface area contributed by atoms with Gasteiger partial charge in [0.05, 0.1) is 10.6 Å². The van der Waals surface area contributed by atoms with E-state index in [0.717, 1.165) is 0 Å². The third kappa shape index (κ3) is 4.29. The Morgan fingerprint density at radius 1 is 0.900 bits per heavy atom. The molecule has 0 amide bonds. The second-order valence-corrected chi connectivity index (χ2v) is 4.09. The van der Waals surface area contributed by atoms with Crippen LogP contribution in [0.25, 0.3) is 0 Å². The molecule has 0 saturated carbocycles. The number of carboxylic acids is 2. The number of benzene rings is 2. The van der Waals surface area contributed by atoms with Crippen LogP contribution in [0.15, 0.2) is 48.5 Å². The first kappa shape index (κ1) is 15.5. The molecule has 2 aromatic rings. The summed E-state index contributed by atoms with van der Waals surface area (Å²) < 4.78 is 0. The van der Waals surface area contributed by atoms with Crippen LogP contribution in [-0.2, 0) is 0 Å². The number of halogens is 1. The van der Waals surface area contributed by atoms with Gasteiger partial charge in [-0.1, -0.05) is 35.9 Å². The van der Waals surface area contributed by atoms with Gasteiger partial charge in [-0.3, -0.25) is 0 Å². The fourth-order valence-electron chi connectivity index (χ4n) is 1.35. The van der Waals surface area contributed by atoms with E-state index >= 15 is 0 Å². The number of nitrogens with two attached hydrogens (primary N) is 1. The standard InChI is InChI=1S/C7H6ClNO2.C7H6O2/c8-4-2-1-3-5(9)6(4)7(10)11;8-7(9)6-4-2-1-3-5-6/h1-3H,9H2,(H,10,11);1-5H,(H,8,9). The minimum absolute atomic E-state index is 0.0332. The average molecular weight is 294 g/mol. The number of anilines is 1. The third-order valence-electron chi connectivity index (χ3n) is 2.28. The van der Waals surface area contributed by atoms with Crippen molar-refractivity contribution in [2.45, 2.75) is 0 Å². The van der Waals surface area contributed by atoms with Crippen molar-refractivity contribution in [2.75, 3.05) is 5.73 Å². The largest absolute Gasteiger partial charge is 0.478 e. The molecule has 5 nitrogen and oxygen atoms in total. The van der Waals surface area contributed by atoms with Crippen LogP contribution < -0.4 is 5.73 Å². The molecule has 0 heterocycles. The van der Waals surface area contributed by atoms with Crippen LogP contribution in [0.3, 0.4) is 0 Å². The van der Waals surface area contributed by atoms with Gasteiger partial charge >= 0.3 is 11.9 Å². The second kappa shape index (κ2) is 7.16. The number of nitrogen functional groups attached to an aromatic ring is 1. The van der Waals surface area contributed by atoms with E-state index in [1.54, 1.807) is 36.4 Å². The fraction of sp³-hybridized carbons (Fsp3) is 0. The van der Waals surface area contributed by atoms with E-state index in [0.29, 0.717) is 5.56 Å². The summed E-state index contributed by atoms with van der Waals surface area (Å²) >= 11 is 5.56. The van der Waals surface area contributed by atoms with Gasteiger partial charge in [0.25, 0.3) is 0 Å². The smallest absolute Gasteiger partial charge is 0.339 e. The topological polar surface area (TPSA) is 101 Å². The van der Waals surface area contributed by atoms with E-state index in [9.17, 15) is 9.59 Å². The molecule has 6 heteroatoms. The Bertz CT molecular complexity index is 594. The molecular formula is C14H12ClNO4. The molecule has 0 aliphatic heterocycles. The van der Waals surface area contributed by atoms with Crippen LogP contribution in [0.2, 0.25) is 5.02 Å². The second-order valence-electron chi connectivity index (χ2n) is 3.68. The van der Waals surface area contributed by atoms with Crippen LogP contribution >= 0.6 is 11.6 Å². The van der Waals surface area contributed by atoms with Gasteiger partial charge in [0, 0.05) is 5.69 Å². The summed E-state index contributed by atoms with van der Waals surface area (Å²) in [6.45, 7) is 0. The molecule has 104 valence electrons. The lowest BCUT2D eigenvalue weighted by Gasteiger charge is -2.00. The first-order chi connectivity index (χ1) is 9.43. The van der Waals surface area contributed by atoms with Crippen molar-refractivity contribution in [1.29, 1.82) is 0 Å². The molecular weight excluding hydrogens is 282 g/mol. The van der Waals surface area contributed by atoms with Crippen molar-refractivity contribution in [3.63, 3.8) is 0 Å². The molecule has 0 bridgehead atoms. The molecule has 0 radical (unpaired) electrons. The Morgan fingerprint density at radius 2 is 1.50 bits per heavy atom. The minimum Gasteiger partial charge on any atom is -0.478 e. The van der Waals surface area contributed by atoms with Gasteiger partial charge in [-0.25, -0.2) is 9.59 Å². The first-order valence-electron chi connectivity index (χ1n) is 5.49. The lowest BCUT2D eigenvalue weighted by atomic mass is 10.2. The van der Waals surface area contributed by atoms with E-state index in [1.807, 2.05) is 0 Å². The van der Waals surface area contributed by atoms with Crippen LogP contribution in [0, 0.1) is 0 Å². The van der Waals surface area contributed by atoms with Gasteiger partial charge in [-0.05, 0) is 24.3 Å². The van der Waals surface area contributed by atoms with E-state index < -0.39 is 11.9 Å². The Morgan fingerprint density at radius 3 is 1.85 bits per heavy atom.